The minimum atomic E-state index is -0.318. The molecule has 2 aromatic carbocycles. The first-order chi connectivity index (χ1) is 13.3. The average molecular weight is 385 g/mol. The zero-order valence-corrected chi connectivity index (χ0v) is 17.0. The summed E-state index contributed by atoms with van der Waals surface area (Å²) in [6.07, 6.45) is 3.34. The van der Waals surface area contributed by atoms with E-state index in [9.17, 15) is 9.90 Å². The molecule has 0 aliphatic heterocycles. The zero-order valence-electron chi connectivity index (χ0n) is 17.0. The lowest BCUT2D eigenvalue weighted by Gasteiger charge is -2.19. The lowest BCUT2D eigenvalue weighted by Crippen LogP contribution is -2.25. The van der Waals surface area contributed by atoms with E-state index < -0.39 is 0 Å². The number of hydrogen-bond donors (Lipinski definition) is 2. The van der Waals surface area contributed by atoms with Crippen molar-refractivity contribution < 1.29 is 19.0 Å². The molecular formula is C23H28FNO3. The van der Waals surface area contributed by atoms with Gasteiger partial charge in [0.1, 0.15) is 17.3 Å². The number of rotatable bonds is 6. The summed E-state index contributed by atoms with van der Waals surface area (Å²) in [5, 5.41) is 12.6. The number of hydrogen-bond acceptors (Lipinski definition) is 3. The van der Waals surface area contributed by atoms with Gasteiger partial charge in [-0.05, 0) is 72.1 Å². The fourth-order valence-electron chi connectivity index (χ4n) is 4.05. The number of likely N-dealkylation sites (N-methyl/N-ethyl adjacent to an activating group) is 1. The molecule has 0 spiro atoms. The second-order valence-corrected chi connectivity index (χ2v) is 7.75. The van der Waals surface area contributed by atoms with Gasteiger partial charge in [-0.25, -0.2) is 4.39 Å². The first-order valence-electron chi connectivity index (χ1n) is 9.81. The molecule has 150 valence electrons. The number of ether oxygens (including phenoxy) is 1. The summed E-state index contributed by atoms with van der Waals surface area (Å²) in [6, 6.07) is 5.22. The number of benzene rings is 2. The summed E-state index contributed by atoms with van der Waals surface area (Å²) in [7, 11) is 1.59. The molecule has 0 heterocycles. The van der Waals surface area contributed by atoms with Crippen molar-refractivity contribution in [2.75, 3.05) is 13.7 Å². The number of carbonyl (C=O) groups is 1. The average Bonchev–Trinajstić information content (AvgIpc) is 3.13. The van der Waals surface area contributed by atoms with Gasteiger partial charge in [0.25, 0.3) is 5.91 Å². The molecule has 0 saturated carbocycles. The molecule has 0 unspecified atom stereocenters. The van der Waals surface area contributed by atoms with Crippen LogP contribution in [0.2, 0.25) is 0 Å². The smallest absolute Gasteiger partial charge is 0.257 e. The second-order valence-electron chi connectivity index (χ2n) is 7.75. The van der Waals surface area contributed by atoms with E-state index in [0.717, 1.165) is 41.7 Å². The molecule has 0 saturated heterocycles. The van der Waals surface area contributed by atoms with Gasteiger partial charge in [0, 0.05) is 19.0 Å². The van der Waals surface area contributed by atoms with Gasteiger partial charge < -0.3 is 15.2 Å². The van der Waals surface area contributed by atoms with Gasteiger partial charge in [-0.15, -0.1) is 0 Å². The maximum Gasteiger partial charge on any atom is 0.257 e. The highest BCUT2D eigenvalue weighted by molar-refractivity contribution is 5.77. The van der Waals surface area contributed by atoms with Crippen molar-refractivity contribution in [3.05, 3.63) is 57.4 Å². The van der Waals surface area contributed by atoms with Crippen molar-refractivity contribution in [2.24, 2.45) is 0 Å². The third kappa shape index (κ3) is 3.84. The molecule has 1 aliphatic carbocycles. The molecule has 0 fully saturated rings. The van der Waals surface area contributed by atoms with E-state index in [2.05, 4.69) is 5.32 Å². The fourth-order valence-corrected chi connectivity index (χ4v) is 4.05. The predicted molar refractivity (Wildman–Crippen MR) is 108 cm³/mol. The van der Waals surface area contributed by atoms with Gasteiger partial charge in [-0.2, -0.15) is 0 Å². The highest BCUT2D eigenvalue weighted by Gasteiger charge is 2.24. The molecule has 3 rings (SSSR count). The molecule has 28 heavy (non-hydrogen) atoms. The number of amides is 1. The van der Waals surface area contributed by atoms with Crippen LogP contribution >= 0.6 is 0 Å². The van der Waals surface area contributed by atoms with E-state index in [1.165, 1.54) is 5.56 Å². The monoisotopic (exact) mass is 385 g/mol. The van der Waals surface area contributed by atoms with E-state index in [1.54, 1.807) is 19.2 Å². The van der Waals surface area contributed by atoms with Crippen LogP contribution in [0.15, 0.2) is 18.2 Å². The minimum absolute atomic E-state index is 0.00787. The third-order valence-electron chi connectivity index (χ3n) is 5.52. The highest BCUT2D eigenvalue weighted by Crippen LogP contribution is 2.38. The van der Waals surface area contributed by atoms with E-state index in [4.69, 9.17) is 4.74 Å². The summed E-state index contributed by atoms with van der Waals surface area (Å²) in [5.74, 6) is 0.191. The van der Waals surface area contributed by atoms with Gasteiger partial charge >= 0.3 is 0 Å². The standard InChI is InChI=1S/C23H28FNO3/c1-13(2)22-19(26)9-8-15(23(22)24)11-18-14(3)10-20(28-12-21(27)25-4)17-7-5-6-16(17)18/h8-10,13,26H,5-7,11-12H2,1-4H3,(H,25,27). The Labute approximate surface area is 165 Å². The maximum atomic E-state index is 15.1. The molecule has 0 aromatic heterocycles. The van der Waals surface area contributed by atoms with E-state index in [0.29, 0.717) is 17.5 Å². The van der Waals surface area contributed by atoms with Crippen LogP contribution in [-0.2, 0) is 24.1 Å². The minimum Gasteiger partial charge on any atom is -0.508 e. The molecule has 0 atom stereocenters. The van der Waals surface area contributed by atoms with Crippen molar-refractivity contribution in [3.63, 3.8) is 0 Å². The summed E-state index contributed by atoms with van der Waals surface area (Å²) < 4.78 is 20.8. The van der Waals surface area contributed by atoms with Crippen LogP contribution in [0.4, 0.5) is 4.39 Å². The second kappa shape index (κ2) is 8.21. The normalized spacial score (nSPS) is 12.9. The van der Waals surface area contributed by atoms with Crippen LogP contribution in [-0.4, -0.2) is 24.7 Å². The van der Waals surface area contributed by atoms with Crippen LogP contribution in [0.5, 0.6) is 11.5 Å². The van der Waals surface area contributed by atoms with Crippen LogP contribution in [0.25, 0.3) is 0 Å². The Morgan fingerprint density at radius 3 is 2.68 bits per heavy atom. The Bertz CT molecular complexity index is 905. The molecular weight excluding hydrogens is 357 g/mol. The van der Waals surface area contributed by atoms with E-state index in [-0.39, 0.29) is 30.0 Å². The number of halogens is 1. The number of fused-ring (bicyclic) bond motifs is 1. The number of aryl methyl sites for hydroxylation is 1. The van der Waals surface area contributed by atoms with E-state index >= 15 is 4.39 Å². The summed E-state index contributed by atoms with van der Waals surface area (Å²) in [5.41, 5.74) is 5.47. The third-order valence-corrected chi connectivity index (χ3v) is 5.52. The van der Waals surface area contributed by atoms with Gasteiger partial charge in [-0.1, -0.05) is 19.9 Å². The van der Waals surface area contributed by atoms with Crippen molar-refractivity contribution in [2.45, 2.75) is 52.4 Å². The Morgan fingerprint density at radius 1 is 1.29 bits per heavy atom. The quantitative estimate of drug-likeness (QED) is 0.785. The van der Waals surface area contributed by atoms with Crippen LogP contribution in [0.1, 0.15) is 59.6 Å². The highest BCUT2D eigenvalue weighted by atomic mass is 19.1. The molecule has 1 amide bonds. The molecule has 0 bridgehead atoms. The lowest BCUT2D eigenvalue weighted by molar-refractivity contribution is -0.122. The topological polar surface area (TPSA) is 58.6 Å². The molecule has 2 N–H and O–H groups in total. The zero-order chi connectivity index (χ0) is 20.4. The van der Waals surface area contributed by atoms with Gasteiger partial charge in [0.2, 0.25) is 0 Å². The number of phenolic OH excluding ortho intramolecular Hbond substituents is 1. The van der Waals surface area contributed by atoms with Gasteiger partial charge in [-0.3, -0.25) is 4.79 Å². The summed E-state index contributed by atoms with van der Waals surface area (Å²) in [6.45, 7) is 5.75. The number of aromatic hydroxyl groups is 1. The predicted octanol–water partition coefficient (Wildman–Crippen LogP) is 4.17. The number of nitrogens with one attached hydrogen (secondary N) is 1. The van der Waals surface area contributed by atoms with E-state index in [1.807, 2.05) is 26.8 Å². The van der Waals surface area contributed by atoms with Gasteiger partial charge in [0.15, 0.2) is 6.61 Å². The van der Waals surface area contributed by atoms with Crippen LogP contribution in [0, 0.1) is 12.7 Å². The molecule has 0 radical (unpaired) electrons. The van der Waals surface area contributed by atoms with Crippen molar-refractivity contribution in [3.8, 4) is 11.5 Å². The largest absolute Gasteiger partial charge is 0.508 e. The SMILES string of the molecule is CNC(=O)COc1cc(C)c(Cc2ccc(O)c(C(C)C)c2F)c2c1CCC2. The Morgan fingerprint density at radius 2 is 2.00 bits per heavy atom. The van der Waals surface area contributed by atoms with Crippen molar-refractivity contribution in [1.82, 2.24) is 5.32 Å². The first kappa shape index (κ1) is 20.2. The molecule has 1 aliphatic rings. The Hall–Kier alpha value is -2.56. The van der Waals surface area contributed by atoms with Crippen LogP contribution in [0.3, 0.4) is 0 Å². The Balaban J connectivity index is 1.97. The molecule has 2 aromatic rings. The fraction of sp³-hybridized carbons (Fsp3) is 0.435. The lowest BCUT2D eigenvalue weighted by atomic mass is 9.90. The van der Waals surface area contributed by atoms with Crippen molar-refractivity contribution in [1.29, 1.82) is 0 Å². The summed E-state index contributed by atoms with van der Waals surface area (Å²) in [4.78, 5) is 11.5. The van der Waals surface area contributed by atoms with Crippen molar-refractivity contribution >= 4 is 5.91 Å². The number of carbonyl (C=O) groups excluding carboxylic acids is 1. The van der Waals surface area contributed by atoms with Crippen LogP contribution < -0.4 is 10.1 Å². The van der Waals surface area contributed by atoms with Gasteiger partial charge in [0.05, 0.1) is 0 Å². The Kier molecular flexibility index (Phi) is 5.92. The maximum absolute atomic E-state index is 15.1. The number of phenols is 1. The molecule has 4 nitrogen and oxygen atoms in total. The summed E-state index contributed by atoms with van der Waals surface area (Å²) >= 11 is 0. The molecule has 5 heteroatoms. The first-order valence-corrected chi connectivity index (χ1v) is 9.81.